The molecule has 0 bridgehead atoms. The van der Waals surface area contributed by atoms with E-state index in [-0.39, 0.29) is 11.8 Å². The number of nitrogens with one attached hydrogen (secondary N) is 1. The normalized spacial score (nSPS) is 17.0. The molecule has 0 spiro atoms. The van der Waals surface area contributed by atoms with Crippen LogP contribution in [0.3, 0.4) is 0 Å². The molecule has 0 amide bonds. The van der Waals surface area contributed by atoms with E-state index in [1.54, 1.807) is 40.2 Å². The highest BCUT2D eigenvalue weighted by Crippen LogP contribution is 2.29. The van der Waals surface area contributed by atoms with Crippen LogP contribution < -0.4 is 5.32 Å². The lowest BCUT2D eigenvalue weighted by Gasteiger charge is -2.35. The van der Waals surface area contributed by atoms with Gasteiger partial charge in [0.2, 0.25) is 10.0 Å². The highest BCUT2D eigenvalue weighted by molar-refractivity contribution is 7.88. The molecule has 7 nitrogen and oxygen atoms in total. The lowest BCUT2D eigenvalue weighted by atomic mass is 10.2. The zero-order valence-electron chi connectivity index (χ0n) is 17.9. The number of aryl methyl sites for hydroxylation is 1. The van der Waals surface area contributed by atoms with Crippen molar-refractivity contribution in [3.05, 3.63) is 51.1 Å². The maximum Gasteiger partial charge on any atom is 0.218 e. The Kier molecular flexibility index (Phi) is 7.24. The van der Waals surface area contributed by atoms with Crippen LogP contribution in [0, 0.1) is 6.92 Å². The van der Waals surface area contributed by atoms with Crippen molar-refractivity contribution in [2.24, 2.45) is 0 Å². The van der Waals surface area contributed by atoms with Gasteiger partial charge >= 0.3 is 0 Å². The van der Waals surface area contributed by atoms with Gasteiger partial charge in [0, 0.05) is 38.8 Å². The molecule has 0 unspecified atom stereocenters. The van der Waals surface area contributed by atoms with E-state index in [2.05, 4.69) is 32.5 Å². The monoisotopic (exact) mass is 513 g/mol. The summed E-state index contributed by atoms with van der Waals surface area (Å²) in [5.74, 6) is 0.773. The number of piperazine rings is 1. The van der Waals surface area contributed by atoms with E-state index in [4.69, 9.17) is 23.2 Å². The Morgan fingerprint density at radius 2 is 1.91 bits per heavy atom. The minimum absolute atomic E-state index is 0.0776. The fraction of sp³-hybridized carbons (Fsp3) is 0.429. The molecule has 172 valence electrons. The van der Waals surface area contributed by atoms with Crippen molar-refractivity contribution in [1.29, 1.82) is 0 Å². The largest absolute Gasteiger partial charge is 0.365 e. The smallest absolute Gasteiger partial charge is 0.218 e. The summed E-state index contributed by atoms with van der Waals surface area (Å²) in [6, 6.07) is 5.11. The molecule has 0 aliphatic carbocycles. The zero-order chi connectivity index (χ0) is 22.9. The molecule has 4 rings (SSSR count). The van der Waals surface area contributed by atoms with E-state index in [9.17, 15) is 8.42 Å². The van der Waals surface area contributed by atoms with Crippen LogP contribution in [0.5, 0.6) is 0 Å². The highest BCUT2D eigenvalue weighted by atomic mass is 35.5. The second-order valence-electron chi connectivity index (χ2n) is 8.07. The molecular weight excluding hydrogens is 489 g/mol. The molecule has 3 heterocycles. The summed E-state index contributed by atoms with van der Waals surface area (Å²) in [7, 11) is -3.41. The second kappa shape index (κ2) is 9.79. The summed E-state index contributed by atoms with van der Waals surface area (Å²) in [4.78, 5) is 11.1. The van der Waals surface area contributed by atoms with Gasteiger partial charge in [0.1, 0.15) is 12.1 Å². The molecule has 1 aliphatic heterocycles. The number of nitrogens with zero attached hydrogens (tertiary/aromatic N) is 4. The number of sulfonamides is 1. The van der Waals surface area contributed by atoms with Gasteiger partial charge in [-0.2, -0.15) is 4.31 Å². The molecular formula is C21H25Cl2N5O2S2. The third-order valence-electron chi connectivity index (χ3n) is 5.50. The first-order valence-corrected chi connectivity index (χ1v) is 13.6. The number of thiophene rings is 1. The van der Waals surface area contributed by atoms with E-state index < -0.39 is 10.0 Å². The lowest BCUT2D eigenvalue weighted by molar-refractivity contribution is 0.184. The Morgan fingerprint density at radius 3 is 2.62 bits per heavy atom. The van der Waals surface area contributed by atoms with E-state index >= 15 is 0 Å². The Bertz CT molecular complexity index is 1210. The number of fused-ring (bicyclic) bond motifs is 1. The van der Waals surface area contributed by atoms with Gasteiger partial charge in [-0.15, -0.1) is 11.3 Å². The molecule has 32 heavy (non-hydrogen) atoms. The summed E-state index contributed by atoms with van der Waals surface area (Å²) >= 11 is 13.6. The van der Waals surface area contributed by atoms with Crippen LogP contribution in [0.15, 0.2) is 29.9 Å². The second-order valence-corrected chi connectivity index (χ2v) is 11.7. The molecule has 0 radical (unpaired) electrons. The number of benzene rings is 1. The van der Waals surface area contributed by atoms with Gasteiger partial charge in [-0.05, 0) is 42.5 Å². The summed E-state index contributed by atoms with van der Waals surface area (Å²) in [5.41, 5.74) is 2.78. The molecule has 1 aliphatic rings. The van der Waals surface area contributed by atoms with Gasteiger partial charge in [0.15, 0.2) is 0 Å². The molecule has 1 N–H and O–H groups in total. The number of rotatable bonds is 7. The number of anilines is 1. The predicted molar refractivity (Wildman–Crippen MR) is 132 cm³/mol. The van der Waals surface area contributed by atoms with Crippen LogP contribution in [0.4, 0.5) is 5.82 Å². The van der Waals surface area contributed by atoms with Crippen LogP contribution in [0.2, 0.25) is 10.0 Å². The topological polar surface area (TPSA) is 78.4 Å². The molecule has 0 saturated carbocycles. The van der Waals surface area contributed by atoms with Crippen molar-refractivity contribution in [1.82, 2.24) is 19.2 Å². The standard InChI is InChI=1S/C21H25Cl2N5O2S2/c1-14-11-31-20-19(14)24-13-25-21(20)26-15(2)10-27-5-7-28(8-6-27)32(29,30)12-16-3-4-17(22)18(23)9-16/h3-4,9,11,13,15H,5-8,10,12H2,1-2H3,(H,24,25,26)/t15-/m0/s1. The van der Waals surface area contributed by atoms with Gasteiger partial charge in [-0.25, -0.2) is 18.4 Å². The first-order chi connectivity index (χ1) is 15.2. The van der Waals surface area contributed by atoms with Gasteiger partial charge in [0.25, 0.3) is 0 Å². The molecule has 1 fully saturated rings. The molecule has 1 saturated heterocycles. The van der Waals surface area contributed by atoms with Crippen molar-refractivity contribution >= 4 is 60.6 Å². The number of hydrogen-bond acceptors (Lipinski definition) is 7. The Hall–Kier alpha value is -1.49. The van der Waals surface area contributed by atoms with Crippen molar-refractivity contribution in [2.75, 3.05) is 38.0 Å². The first-order valence-electron chi connectivity index (χ1n) is 10.3. The third kappa shape index (κ3) is 5.35. The fourth-order valence-corrected chi connectivity index (χ4v) is 6.64. The van der Waals surface area contributed by atoms with Crippen molar-refractivity contribution in [3.8, 4) is 0 Å². The van der Waals surface area contributed by atoms with E-state index in [1.807, 2.05) is 6.92 Å². The van der Waals surface area contributed by atoms with E-state index in [1.165, 1.54) is 0 Å². The first kappa shape index (κ1) is 23.7. The summed E-state index contributed by atoms with van der Waals surface area (Å²) in [6.07, 6.45) is 1.59. The quantitative estimate of drug-likeness (QED) is 0.508. The summed E-state index contributed by atoms with van der Waals surface area (Å²) < 4.78 is 28.3. The molecule has 1 atom stereocenters. The van der Waals surface area contributed by atoms with E-state index in [0.717, 1.165) is 28.1 Å². The fourth-order valence-electron chi connectivity index (χ4n) is 3.86. The molecule has 1 aromatic carbocycles. The predicted octanol–water partition coefficient (Wildman–Crippen LogP) is 4.25. The zero-order valence-corrected chi connectivity index (χ0v) is 21.0. The highest BCUT2D eigenvalue weighted by Gasteiger charge is 2.28. The van der Waals surface area contributed by atoms with Gasteiger partial charge < -0.3 is 5.32 Å². The molecule has 11 heteroatoms. The van der Waals surface area contributed by atoms with Crippen LogP contribution >= 0.6 is 34.5 Å². The minimum Gasteiger partial charge on any atom is -0.365 e. The van der Waals surface area contributed by atoms with E-state index in [0.29, 0.717) is 41.8 Å². The third-order valence-corrected chi connectivity index (χ3v) is 9.19. The van der Waals surface area contributed by atoms with Crippen molar-refractivity contribution in [2.45, 2.75) is 25.6 Å². The molecule has 2 aromatic heterocycles. The number of hydrogen-bond donors (Lipinski definition) is 1. The number of halogens is 2. The molecule has 3 aromatic rings. The van der Waals surface area contributed by atoms with Crippen molar-refractivity contribution in [3.63, 3.8) is 0 Å². The van der Waals surface area contributed by atoms with Crippen LogP contribution in [-0.2, 0) is 15.8 Å². The SMILES string of the molecule is Cc1csc2c(N[C@@H](C)CN3CCN(S(=O)(=O)Cc4ccc(Cl)c(Cl)c4)CC3)ncnc12. The average Bonchev–Trinajstić information content (AvgIpc) is 3.13. The lowest BCUT2D eigenvalue weighted by Crippen LogP contribution is -2.51. The Morgan fingerprint density at radius 1 is 1.16 bits per heavy atom. The Labute approximate surface area is 202 Å². The van der Waals surface area contributed by atoms with Crippen LogP contribution in [-0.4, -0.2) is 66.4 Å². The Balaban J connectivity index is 1.31. The van der Waals surface area contributed by atoms with Crippen LogP contribution in [0.1, 0.15) is 18.1 Å². The maximum atomic E-state index is 12.9. The van der Waals surface area contributed by atoms with Gasteiger partial charge in [0.05, 0.1) is 26.0 Å². The maximum absolute atomic E-state index is 12.9. The minimum atomic E-state index is -3.41. The number of aromatic nitrogens is 2. The van der Waals surface area contributed by atoms with Crippen LogP contribution in [0.25, 0.3) is 10.2 Å². The van der Waals surface area contributed by atoms with Gasteiger partial charge in [-0.3, -0.25) is 4.90 Å². The van der Waals surface area contributed by atoms with Gasteiger partial charge in [-0.1, -0.05) is 29.3 Å². The summed E-state index contributed by atoms with van der Waals surface area (Å²) in [6.45, 7) is 7.27. The average molecular weight is 515 g/mol. The summed E-state index contributed by atoms with van der Waals surface area (Å²) in [5, 5.41) is 6.36. The van der Waals surface area contributed by atoms with Crippen molar-refractivity contribution < 1.29 is 8.42 Å².